The van der Waals surface area contributed by atoms with Gasteiger partial charge in [-0.15, -0.1) is 0 Å². The van der Waals surface area contributed by atoms with E-state index in [1.165, 1.54) is 16.8 Å². The molecule has 19 heavy (non-hydrogen) atoms. The van der Waals surface area contributed by atoms with Gasteiger partial charge < -0.3 is 15.2 Å². The smallest absolute Gasteiger partial charge is 0.330 e. The number of hydrogen-bond donors (Lipinski definition) is 2. The highest BCUT2D eigenvalue weighted by Crippen LogP contribution is 2.26. The molecule has 1 aliphatic rings. The van der Waals surface area contributed by atoms with Gasteiger partial charge in [-0.05, 0) is 12.8 Å². The van der Waals surface area contributed by atoms with Gasteiger partial charge in [0, 0.05) is 12.3 Å². The number of rotatable bonds is 4. The number of carbonyl (C=O) groups excluding carboxylic acids is 1. The van der Waals surface area contributed by atoms with E-state index in [1.54, 1.807) is 0 Å². The third-order valence-corrected chi connectivity index (χ3v) is 2.84. The summed E-state index contributed by atoms with van der Waals surface area (Å²) in [6.45, 7) is -0.0554. The Kier molecular flexibility index (Phi) is 4.13. The van der Waals surface area contributed by atoms with Crippen molar-refractivity contribution in [1.82, 2.24) is 9.55 Å². The molecule has 2 heterocycles. The van der Waals surface area contributed by atoms with E-state index in [1.807, 2.05) is 0 Å². The van der Waals surface area contributed by atoms with E-state index in [0.29, 0.717) is 12.8 Å². The van der Waals surface area contributed by atoms with Gasteiger partial charge >= 0.3 is 11.7 Å². The van der Waals surface area contributed by atoms with Gasteiger partial charge in [0.25, 0.3) is 5.56 Å². The van der Waals surface area contributed by atoms with Crippen LogP contribution in [0.25, 0.3) is 0 Å². The predicted molar refractivity (Wildman–Crippen MR) is 64.5 cm³/mol. The van der Waals surface area contributed by atoms with Crippen LogP contribution in [0.2, 0.25) is 0 Å². The van der Waals surface area contributed by atoms with Gasteiger partial charge in [0.05, 0.1) is 12.6 Å². The Morgan fingerprint density at radius 2 is 2.32 bits per heavy atom. The van der Waals surface area contributed by atoms with E-state index in [4.69, 9.17) is 15.2 Å². The number of carbonyl (C=O) groups is 1. The zero-order chi connectivity index (χ0) is 13.8. The van der Waals surface area contributed by atoms with Crippen molar-refractivity contribution in [3.8, 4) is 0 Å². The average Bonchev–Trinajstić information content (AvgIpc) is 2.84. The molecular formula is C11H15N3O5. The summed E-state index contributed by atoms with van der Waals surface area (Å²) in [7, 11) is 0. The summed E-state index contributed by atoms with van der Waals surface area (Å²) < 4.78 is 11.8. The number of nitrogens with two attached hydrogens (primary N) is 1. The van der Waals surface area contributed by atoms with E-state index < -0.39 is 23.4 Å². The van der Waals surface area contributed by atoms with Crippen LogP contribution in [-0.4, -0.2) is 34.8 Å². The van der Waals surface area contributed by atoms with Crippen LogP contribution in [0.5, 0.6) is 0 Å². The van der Waals surface area contributed by atoms with Gasteiger partial charge in [-0.2, -0.15) is 0 Å². The lowest BCUT2D eigenvalue weighted by Crippen LogP contribution is -2.32. The van der Waals surface area contributed by atoms with E-state index in [-0.39, 0.29) is 19.3 Å². The van der Waals surface area contributed by atoms with Gasteiger partial charge in [0.2, 0.25) is 0 Å². The highest BCUT2D eigenvalue weighted by atomic mass is 16.6. The minimum absolute atomic E-state index is 0.116. The number of nitrogens with zero attached hydrogens (tertiary/aromatic N) is 1. The molecule has 0 saturated carbocycles. The van der Waals surface area contributed by atoms with Crippen LogP contribution in [0.15, 0.2) is 21.9 Å². The van der Waals surface area contributed by atoms with E-state index >= 15 is 0 Å². The van der Waals surface area contributed by atoms with Crippen molar-refractivity contribution in [3.63, 3.8) is 0 Å². The lowest BCUT2D eigenvalue weighted by atomic mass is 10.2. The van der Waals surface area contributed by atoms with Crippen molar-refractivity contribution in [2.45, 2.75) is 25.2 Å². The van der Waals surface area contributed by atoms with Crippen molar-refractivity contribution >= 4 is 5.97 Å². The fourth-order valence-electron chi connectivity index (χ4n) is 1.91. The quantitative estimate of drug-likeness (QED) is 0.657. The molecule has 104 valence electrons. The number of H-pyrrole nitrogens is 1. The minimum atomic E-state index is -0.517. The second kappa shape index (κ2) is 5.81. The first-order valence-electron chi connectivity index (χ1n) is 5.93. The third-order valence-electron chi connectivity index (χ3n) is 2.84. The van der Waals surface area contributed by atoms with Crippen LogP contribution >= 0.6 is 0 Å². The number of aromatic amines is 1. The molecule has 1 aliphatic heterocycles. The van der Waals surface area contributed by atoms with Crippen molar-refractivity contribution in [1.29, 1.82) is 0 Å². The van der Waals surface area contributed by atoms with Crippen molar-refractivity contribution in [2.75, 3.05) is 13.2 Å². The first-order chi connectivity index (χ1) is 9.10. The predicted octanol–water partition coefficient (Wildman–Crippen LogP) is -1.28. The maximum atomic E-state index is 11.6. The molecule has 1 fully saturated rings. The topological polar surface area (TPSA) is 116 Å². The lowest BCUT2D eigenvalue weighted by Gasteiger charge is -2.15. The highest BCUT2D eigenvalue weighted by Gasteiger charge is 2.28. The maximum Gasteiger partial charge on any atom is 0.330 e. The molecule has 0 spiro atoms. The Morgan fingerprint density at radius 3 is 3.00 bits per heavy atom. The summed E-state index contributed by atoms with van der Waals surface area (Å²) in [5.41, 5.74) is 4.15. The van der Waals surface area contributed by atoms with Crippen LogP contribution in [0.4, 0.5) is 0 Å². The number of aromatic nitrogens is 2. The Hall–Kier alpha value is -1.93. The first-order valence-corrected chi connectivity index (χ1v) is 5.93. The second-order valence-corrected chi connectivity index (χ2v) is 4.19. The van der Waals surface area contributed by atoms with E-state index in [0.717, 1.165) is 0 Å². The molecule has 1 aromatic rings. The summed E-state index contributed by atoms with van der Waals surface area (Å²) in [6, 6.07) is 1.26. The molecule has 3 N–H and O–H groups in total. The van der Waals surface area contributed by atoms with Crippen LogP contribution in [0, 0.1) is 0 Å². The Balaban J connectivity index is 1.96. The van der Waals surface area contributed by atoms with Gasteiger partial charge in [0.15, 0.2) is 0 Å². The van der Waals surface area contributed by atoms with E-state index in [9.17, 15) is 14.4 Å². The number of ether oxygens (including phenoxy) is 2. The highest BCUT2D eigenvalue weighted by molar-refractivity contribution is 5.71. The maximum absolute atomic E-state index is 11.6. The van der Waals surface area contributed by atoms with Crippen LogP contribution in [0.3, 0.4) is 0 Å². The van der Waals surface area contributed by atoms with E-state index in [2.05, 4.69) is 4.98 Å². The molecule has 2 rings (SSSR count). The fourth-order valence-corrected chi connectivity index (χ4v) is 1.91. The molecule has 8 nitrogen and oxygen atoms in total. The van der Waals surface area contributed by atoms with Crippen LogP contribution in [0.1, 0.15) is 19.1 Å². The molecule has 2 unspecified atom stereocenters. The van der Waals surface area contributed by atoms with Gasteiger partial charge in [-0.25, -0.2) is 4.79 Å². The molecule has 0 amide bonds. The summed E-state index contributed by atoms with van der Waals surface area (Å²) in [6.07, 6.45) is 1.94. The fraction of sp³-hybridized carbons (Fsp3) is 0.545. The van der Waals surface area contributed by atoms with Crippen molar-refractivity contribution in [2.24, 2.45) is 5.73 Å². The van der Waals surface area contributed by atoms with Gasteiger partial charge in [-0.1, -0.05) is 0 Å². The Bertz CT molecular complexity index is 564. The van der Waals surface area contributed by atoms with Crippen LogP contribution in [-0.2, 0) is 14.3 Å². The van der Waals surface area contributed by atoms with Gasteiger partial charge in [-0.3, -0.25) is 19.1 Å². The second-order valence-electron chi connectivity index (χ2n) is 4.19. The standard InChI is InChI=1S/C11H15N3O5/c12-5-10(16)18-6-7-1-2-9(19-7)14-4-3-8(15)13-11(14)17/h3-4,7,9H,1-2,5-6,12H2,(H,13,15,17). The number of esters is 1. The minimum Gasteiger partial charge on any atom is -0.462 e. The molecule has 0 radical (unpaired) electrons. The molecular weight excluding hydrogens is 254 g/mol. The van der Waals surface area contributed by atoms with Crippen molar-refractivity contribution in [3.05, 3.63) is 33.1 Å². The van der Waals surface area contributed by atoms with Gasteiger partial charge in [0.1, 0.15) is 12.8 Å². The normalized spacial score (nSPS) is 22.4. The summed E-state index contributed by atoms with van der Waals surface area (Å²) in [5, 5.41) is 0. The summed E-state index contributed by atoms with van der Waals surface area (Å²) >= 11 is 0. The number of hydrogen-bond acceptors (Lipinski definition) is 6. The summed E-state index contributed by atoms with van der Waals surface area (Å²) in [4.78, 5) is 35.6. The first kappa shape index (κ1) is 13.5. The number of nitrogens with one attached hydrogen (secondary N) is 1. The SMILES string of the molecule is NCC(=O)OCC1CCC(n2ccc(=O)[nH]c2=O)O1. The Labute approximate surface area is 108 Å². The monoisotopic (exact) mass is 269 g/mol. The third kappa shape index (κ3) is 3.30. The zero-order valence-electron chi connectivity index (χ0n) is 10.2. The molecule has 0 bridgehead atoms. The largest absolute Gasteiger partial charge is 0.462 e. The van der Waals surface area contributed by atoms with Crippen molar-refractivity contribution < 1.29 is 14.3 Å². The lowest BCUT2D eigenvalue weighted by molar-refractivity contribution is -0.146. The Morgan fingerprint density at radius 1 is 1.53 bits per heavy atom. The molecule has 0 aliphatic carbocycles. The molecule has 1 saturated heterocycles. The molecule has 2 atom stereocenters. The summed E-state index contributed by atoms with van der Waals surface area (Å²) in [5.74, 6) is -0.492. The average molecular weight is 269 g/mol. The van der Waals surface area contributed by atoms with Crippen LogP contribution < -0.4 is 17.0 Å². The molecule has 0 aromatic carbocycles. The molecule has 8 heteroatoms. The zero-order valence-corrected chi connectivity index (χ0v) is 10.2. The molecule has 1 aromatic heterocycles.